The highest BCUT2D eigenvalue weighted by atomic mass is 19.1. The quantitative estimate of drug-likeness (QED) is 0.670. The zero-order valence-electron chi connectivity index (χ0n) is 6.92. The molecule has 1 rings (SSSR count). The van der Waals surface area contributed by atoms with E-state index >= 15 is 0 Å². The normalized spacial score (nSPS) is 12.5. The van der Waals surface area contributed by atoms with Crippen LogP contribution in [0, 0.1) is 5.82 Å². The molecular formula is C10H11FO. The average Bonchev–Trinajstić information content (AvgIpc) is 2.08. The highest BCUT2D eigenvalue weighted by Gasteiger charge is 2.07. The van der Waals surface area contributed by atoms with Gasteiger partial charge in [0.15, 0.2) is 0 Å². The predicted molar refractivity (Wildman–Crippen MR) is 46.7 cm³/mol. The maximum atomic E-state index is 12.7. The van der Waals surface area contributed by atoms with Gasteiger partial charge < -0.3 is 5.11 Å². The second kappa shape index (κ2) is 3.39. The lowest BCUT2D eigenvalue weighted by molar-refractivity contribution is 0.464. The standard InChI is InChI=1S/C10H11FO/c1-3-7(2)9-6-8(11)4-5-10(9)12/h3-7,12H,1H2,2H3. The van der Waals surface area contributed by atoms with Crippen LogP contribution >= 0.6 is 0 Å². The fraction of sp³-hybridized carbons (Fsp3) is 0.200. The second-order valence-electron chi connectivity index (χ2n) is 2.73. The van der Waals surface area contributed by atoms with Crippen molar-refractivity contribution < 1.29 is 9.50 Å². The lowest BCUT2D eigenvalue weighted by atomic mass is 10.0. The van der Waals surface area contributed by atoms with Crippen LogP contribution in [0.5, 0.6) is 5.75 Å². The lowest BCUT2D eigenvalue weighted by Crippen LogP contribution is -1.90. The molecule has 0 heterocycles. The fourth-order valence-electron chi connectivity index (χ4n) is 1.02. The number of halogens is 1. The van der Waals surface area contributed by atoms with Gasteiger partial charge in [-0.2, -0.15) is 0 Å². The molecule has 0 aliphatic carbocycles. The molecule has 1 N–H and O–H groups in total. The van der Waals surface area contributed by atoms with Crippen molar-refractivity contribution in [1.82, 2.24) is 0 Å². The Morgan fingerprint density at radius 3 is 2.83 bits per heavy atom. The molecule has 1 aromatic rings. The van der Waals surface area contributed by atoms with Crippen molar-refractivity contribution in [2.45, 2.75) is 12.8 Å². The number of hydrogen-bond donors (Lipinski definition) is 1. The van der Waals surface area contributed by atoms with Gasteiger partial charge in [-0.3, -0.25) is 0 Å². The maximum absolute atomic E-state index is 12.7. The molecule has 1 aromatic carbocycles. The SMILES string of the molecule is C=CC(C)c1cc(F)ccc1O. The van der Waals surface area contributed by atoms with E-state index < -0.39 is 0 Å². The Morgan fingerprint density at radius 2 is 2.25 bits per heavy atom. The lowest BCUT2D eigenvalue weighted by Gasteiger charge is -2.08. The monoisotopic (exact) mass is 166 g/mol. The predicted octanol–water partition coefficient (Wildman–Crippen LogP) is 2.82. The molecule has 0 fully saturated rings. The van der Waals surface area contributed by atoms with Gasteiger partial charge in [0.25, 0.3) is 0 Å². The summed E-state index contributed by atoms with van der Waals surface area (Å²) in [7, 11) is 0. The molecule has 0 aromatic heterocycles. The Bertz CT molecular complexity index is 294. The van der Waals surface area contributed by atoms with Crippen molar-refractivity contribution >= 4 is 0 Å². The zero-order valence-corrected chi connectivity index (χ0v) is 6.92. The van der Waals surface area contributed by atoms with Crippen LogP contribution < -0.4 is 0 Å². The average molecular weight is 166 g/mol. The molecule has 0 radical (unpaired) electrons. The first kappa shape index (κ1) is 8.78. The maximum Gasteiger partial charge on any atom is 0.123 e. The highest BCUT2D eigenvalue weighted by molar-refractivity contribution is 5.36. The van der Waals surface area contributed by atoms with Gasteiger partial charge in [-0.25, -0.2) is 4.39 Å². The molecule has 0 bridgehead atoms. The molecule has 0 saturated carbocycles. The van der Waals surface area contributed by atoms with Crippen LogP contribution in [0.4, 0.5) is 4.39 Å². The molecule has 12 heavy (non-hydrogen) atoms. The van der Waals surface area contributed by atoms with E-state index in [4.69, 9.17) is 0 Å². The molecule has 1 nitrogen and oxygen atoms in total. The summed E-state index contributed by atoms with van der Waals surface area (Å²) >= 11 is 0. The van der Waals surface area contributed by atoms with Gasteiger partial charge in [0, 0.05) is 11.5 Å². The van der Waals surface area contributed by atoms with E-state index in [0.29, 0.717) is 5.56 Å². The molecule has 0 saturated heterocycles. The molecule has 2 heteroatoms. The molecule has 1 atom stereocenters. The molecule has 0 aliphatic heterocycles. The second-order valence-corrected chi connectivity index (χ2v) is 2.73. The van der Waals surface area contributed by atoms with Crippen molar-refractivity contribution in [3.63, 3.8) is 0 Å². The molecule has 0 amide bonds. The molecule has 0 aliphatic rings. The van der Waals surface area contributed by atoms with Gasteiger partial charge in [0.2, 0.25) is 0 Å². The highest BCUT2D eigenvalue weighted by Crippen LogP contribution is 2.26. The van der Waals surface area contributed by atoms with Gasteiger partial charge in [-0.15, -0.1) is 6.58 Å². The summed E-state index contributed by atoms with van der Waals surface area (Å²) in [6.07, 6.45) is 1.66. The number of hydrogen-bond acceptors (Lipinski definition) is 1. The van der Waals surface area contributed by atoms with E-state index in [0.717, 1.165) is 0 Å². The third-order valence-electron chi connectivity index (χ3n) is 1.83. The summed E-state index contributed by atoms with van der Waals surface area (Å²) in [5.74, 6) is -0.249. The van der Waals surface area contributed by atoms with Gasteiger partial charge in [0.05, 0.1) is 0 Å². The number of aromatic hydroxyl groups is 1. The molecule has 1 unspecified atom stereocenters. The Hall–Kier alpha value is -1.31. The van der Waals surface area contributed by atoms with E-state index in [1.807, 2.05) is 6.92 Å². The van der Waals surface area contributed by atoms with Crippen LogP contribution in [0.25, 0.3) is 0 Å². The van der Waals surface area contributed by atoms with Crippen LogP contribution in [0.2, 0.25) is 0 Å². The fourth-order valence-corrected chi connectivity index (χ4v) is 1.02. The van der Waals surface area contributed by atoms with E-state index in [-0.39, 0.29) is 17.5 Å². The van der Waals surface area contributed by atoms with Crippen LogP contribution in [0.15, 0.2) is 30.9 Å². The van der Waals surface area contributed by atoms with Crippen LogP contribution in [0.3, 0.4) is 0 Å². The summed E-state index contributed by atoms with van der Waals surface area (Å²) < 4.78 is 12.7. The summed E-state index contributed by atoms with van der Waals surface area (Å²) in [6.45, 7) is 5.42. The number of rotatable bonds is 2. The Morgan fingerprint density at radius 1 is 1.58 bits per heavy atom. The van der Waals surface area contributed by atoms with E-state index in [1.54, 1.807) is 6.08 Å². The minimum Gasteiger partial charge on any atom is -0.508 e. The first-order valence-electron chi connectivity index (χ1n) is 3.76. The number of allylic oxidation sites excluding steroid dienone is 1. The van der Waals surface area contributed by atoms with E-state index in [2.05, 4.69) is 6.58 Å². The molecule has 64 valence electrons. The number of benzene rings is 1. The first-order valence-corrected chi connectivity index (χ1v) is 3.76. The Labute approximate surface area is 71.2 Å². The Kier molecular flexibility index (Phi) is 2.48. The molecule has 0 spiro atoms. The zero-order chi connectivity index (χ0) is 9.14. The van der Waals surface area contributed by atoms with Gasteiger partial charge in [-0.05, 0) is 18.2 Å². The summed E-state index contributed by atoms with van der Waals surface area (Å²) in [4.78, 5) is 0. The van der Waals surface area contributed by atoms with Crippen LogP contribution in [-0.2, 0) is 0 Å². The van der Waals surface area contributed by atoms with E-state index in [1.165, 1.54) is 18.2 Å². The number of phenols is 1. The van der Waals surface area contributed by atoms with Gasteiger partial charge >= 0.3 is 0 Å². The topological polar surface area (TPSA) is 20.2 Å². The van der Waals surface area contributed by atoms with Crippen molar-refractivity contribution in [3.8, 4) is 5.75 Å². The summed E-state index contributed by atoms with van der Waals surface area (Å²) in [5, 5.41) is 9.32. The van der Waals surface area contributed by atoms with Gasteiger partial charge in [-0.1, -0.05) is 13.0 Å². The van der Waals surface area contributed by atoms with Gasteiger partial charge in [0.1, 0.15) is 11.6 Å². The third kappa shape index (κ3) is 1.64. The third-order valence-corrected chi connectivity index (χ3v) is 1.83. The largest absolute Gasteiger partial charge is 0.508 e. The van der Waals surface area contributed by atoms with E-state index in [9.17, 15) is 9.50 Å². The van der Waals surface area contributed by atoms with Crippen molar-refractivity contribution in [1.29, 1.82) is 0 Å². The summed E-state index contributed by atoms with van der Waals surface area (Å²) in [5.41, 5.74) is 0.574. The van der Waals surface area contributed by atoms with Crippen molar-refractivity contribution in [2.24, 2.45) is 0 Å². The van der Waals surface area contributed by atoms with Crippen LogP contribution in [-0.4, -0.2) is 5.11 Å². The minimum absolute atomic E-state index is 0.0271. The first-order chi connectivity index (χ1) is 5.65. The Balaban J connectivity index is 3.12. The van der Waals surface area contributed by atoms with Crippen molar-refractivity contribution in [2.75, 3.05) is 0 Å². The van der Waals surface area contributed by atoms with Crippen molar-refractivity contribution in [3.05, 3.63) is 42.2 Å². The molecular weight excluding hydrogens is 155 g/mol. The smallest absolute Gasteiger partial charge is 0.123 e. The summed E-state index contributed by atoms with van der Waals surface area (Å²) in [6, 6.07) is 3.90. The minimum atomic E-state index is -0.337. The number of phenolic OH excluding ortho intramolecular Hbond substituents is 1. The van der Waals surface area contributed by atoms with Crippen LogP contribution in [0.1, 0.15) is 18.4 Å².